The summed E-state index contributed by atoms with van der Waals surface area (Å²) in [7, 11) is 1.58. The van der Waals surface area contributed by atoms with Crippen LogP contribution in [0.15, 0.2) is 18.2 Å². The summed E-state index contributed by atoms with van der Waals surface area (Å²) in [5.41, 5.74) is 1.32. The van der Waals surface area contributed by atoms with E-state index in [9.17, 15) is 13.2 Å². The van der Waals surface area contributed by atoms with Gasteiger partial charge in [-0.15, -0.1) is 0 Å². The van der Waals surface area contributed by atoms with Crippen LogP contribution in [0.3, 0.4) is 0 Å². The van der Waals surface area contributed by atoms with Crippen LogP contribution in [0.25, 0.3) is 0 Å². The molecule has 0 heterocycles. The highest BCUT2D eigenvalue weighted by molar-refractivity contribution is 5.53. The van der Waals surface area contributed by atoms with Gasteiger partial charge < -0.3 is 10.2 Å². The molecule has 0 atom stereocenters. The number of rotatable bonds is 6. The predicted molar refractivity (Wildman–Crippen MR) is 63.1 cm³/mol. The van der Waals surface area contributed by atoms with E-state index in [1.54, 1.807) is 7.05 Å². The van der Waals surface area contributed by atoms with Gasteiger partial charge in [0.25, 0.3) is 6.43 Å². The summed E-state index contributed by atoms with van der Waals surface area (Å²) in [6, 6.07) is 4.19. The first kappa shape index (κ1) is 13.8. The monoisotopic (exact) mass is 246 g/mol. The zero-order chi connectivity index (χ0) is 12.8. The molecule has 0 fully saturated rings. The lowest BCUT2D eigenvalue weighted by molar-refractivity contribution is 0.156. The topological polar surface area (TPSA) is 15.3 Å². The number of nitrogens with one attached hydrogen (secondary N) is 1. The Hall–Kier alpha value is -1.23. The van der Waals surface area contributed by atoms with Gasteiger partial charge >= 0.3 is 0 Å². The summed E-state index contributed by atoms with van der Waals surface area (Å²) >= 11 is 0. The van der Waals surface area contributed by atoms with Gasteiger partial charge in [0.2, 0.25) is 0 Å². The maximum absolute atomic E-state index is 13.1. The van der Waals surface area contributed by atoms with Crippen LogP contribution < -0.4 is 10.2 Å². The molecule has 0 aromatic heterocycles. The molecule has 1 aromatic carbocycles. The average molecular weight is 246 g/mol. The van der Waals surface area contributed by atoms with Crippen LogP contribution in [0.1, 0.15) is 12.5 Å². The van der Waals surface area contributed by atoms with Crippen LogP contribution in [-0.2, 0) is 6.54 Å². The zero-order valence-electron chi connectivity index (χ0n) is 10.0. The van der Waals surface area contributed by atoms with Crippen molar-refractivity contribution >= 4 is 5.69 Å². The second-order valence-corrected chi connectivity index (χ2v) is 3.82. The molecule has 0 amide bonds. The summed E-state index contributed by atoms with van der Waals surface area (Å²) in [6.45, 7) is 2.79. The molecule has 0 bridgehead atoms. The fourth-order valence-electron chi connectivity index (χ4n) is 1.63. The summed E-state index contributed by atoms with van der Waals surface area (Å²) in [5.74, 6) is -0.355. The number of anilines is 1. The minimum Gasteiger partial charge on any atom is -0.369 e. The molecule has 96 valence electrons. The Labute approximate surface area is 99.4 Å². The van der Waals surface area contributed by atoms with Crippen molar-refractivity contribution in [1.29, 1.82) is 0 Å². The third-order valence-corrected chi connectivity index (χ3v) is 2.43. The van der Waals surface area contributed by atoms with Crippen molar-refractivity contribution in [2.45, 2.75) is 19.9 Å². The lowest BCUT2D eigenvalue weighted by atomic mass is 10.1. The third-order valence-electron chi connectivity index (χ3n) is 2.43. The van der Waals surface area contributed by atoms with Gasteiger partial charge in [0.1, 0.15) is 5.82 Å². The van der Waals surface area contributed by atoms with Gasteiger partial charge in [-0.1, -0.05) is 6.92 Å². The quantitative estimate of drug-likeness (QED) is 0.830. The van der Waals surface area contributed by atoms with Crippen LogP contribution in [0.5, 0.6) is 0 Å². The molecular weight excluding hydrogens is 229 g/mol. The fraction of sp³-hybridized carbons (Fsp3) is 0.500. The van der Waals surface area contributed by atoms with Gasteiger partial charge in [-0.05, 0) is 30.3 Å². The van der Waals surface area contributed by atoms with Crippen molar-refractivity contribution in [3.05, 3.63) is 29.6 Å². The molecule has 0 radical (unpaired) electrons. The van der Waals surface area contributed by atoms with Crippen molar-refractivity contribution in [2.24, 2.45) is 0 Å². The number of alkyl halides is 2. The standard InChI is InChI=1S/C12H17F3N2/c1-3-16-7-9-6-10(13)4-5-11(9)17(2)8-12(14)15/h4-6,12,16H,3,7-8H2,1-2H3. The Bertz CT molecular complexity index is 356. The van der Waals surface area contributed by atoms with E-state index in [1.807, 2.05) is 6.92 Å². The van der Waals surface area contributed by atoms with E-state index in [4.69, 9.17) is 0 Å². The third kappa shape index (κ3) is 4.26. The number of hydrogen-bond donors (Lipinski definition) is 1. The second kappa shape index (κ2) is 6.49. The molecule has 17 heavy (non-hydrogen) atoms. The van der Waals surface area contributed by atoms with E-state index in [1.165, 1.54) is 23.1 Å². The molecule has 0 saturated heterocycles. The van der Waals surface area contributed by atoms with E-state index in [2.05, 4.69) is 5.32 Å². The zero-order valence-corrected chi connectivity index (χ0v) is 10.0. The Kier molecular flexibility index (Phi) is 5.28. The highest BCUT2D eigenvalue weighted by Crippen LogP contribution is 2.21. The van der Waals surface area contributed by atoms with Crippen LogP contribution in [-0.4, -0.2) is 26.6 Å². The fourth-order valence-corrected chi connectivity index (χ4v) is 1.63. The first-order chi connectivity index (χ1) is 8.04. The highest BCUT2D eigenvalue weighted by atomic mass is 19.3. The van der Waals surface area contributed by atoms with E-state index in [0.717, 1.165) is 6.54 Å². The molecule has 0 aliphatic heterocycles. The highest BCUT2D eigenvalue weighted by Gasteiger charge is 2.12. The number of benzene rings is 1. The Morgan fingerprint density at radius 2 is 2.06 bits per heavy atom. The molecule has 0 spiro atoms. The van der Waals surface area contributed by atoms with Gasteiger partial charge in [-0.2, -0.15) is 0 Å². The molecule has 0 aliphatic rings. The normalized spacial score (nSPS) is 10.9. The molecule has 1 aromatic rings. The minimum absolute atomic E-state index is 0.355. The maximum Gasteiger partial charge on any atom is 0.255 e. The van der Waals surface area contributed by atoms with Crippen molar-refractivity contribution in [3.63, 3.8) is 0 Å². The lowest BCUT2D eigenvalue weighted by Gasteiger charge is -2.22. The Morgan fingerprint density at radius 1 is 1.35 bits per heavy atom. The minimum atomic E-state index is -2.41. The largest absolute Gasteiger partial charge is 0.369 e. The maximum atomic E-state index is 13.1. The molecule has 1 N–H and O–H groups in total. The van der Waals surface area contributed by atoms with Crippen LogP contribution >= 0.6 is 0 Å². The first-order valence-corrected chi connectivity index (χ1v) is 5.53. The van der Waals surface area contributed by atoms with Crippen molar-refractivity contribution in [2.75, 3.05) is 25.0 Å². The molecular formula is C12H17F3N2. The van der Waals surface area contributed by atoms with E-state index in [0.29, 0.717) is 17.8 Å². The Balaban J connectivity index is 2.88. The van der Waals surface area contributed by atoms with E-state index in [-0.39, 0.29) is 12.4 Å². The SMILES string of the molecule is CCNCc1cc(F)ccc1N(C)CC(F)F. The summed E-state index contributed by atoms with van der Waals surface area (Å²) in [6.07, 6.45) is -2.41. The first-order valence-electron chi connectivity index (χ1n) is 5.53. The van der Waals surface area contributed by atoms with Gasteiger partial charge in [0.05, 0.1) is 6.54 Å². The molecule has 0 unspecified atom stereocenters. The van der Waals surface area contributed by atoms with Crippen molar-refractivity contribution < 1.29 is 13.2 Å². The van der Waals surface area contributed by atoms with Crippen molar-refractivity contribution in [1.82, 2.24) is 5.32 Å². The summed E-state index contributed by atoms with van der Waals surface area (Å²) in [5, 5.41) is 3.06. The van der Waals surface area contributed by atoms with Gasteiger partial charge in [0.15, 0.2) is 0 Å². The van der Waals surface area contributed by atoms with Crippen LogP contribution in [0.4, 0.5) is 18.9 Å². The van der Waals surface area contributed by atoms with E-state index < -0.39 is 6.43 Å². The number of halogens is 3. The van der Waals surface area contributed by atoms with E-state index >= 15 is 0 Å². The van der Waals surface area contributed by atoms with Gasteiger partial charge in [-0.3, -0.25) is 0 Å². The van der Waals surface area contributed by atoms with Gasteiger partial charge in [0, 0.05) is 19.3 Å². The molecule has 2 nitrogen and oxygen atoms in total. The molecule has 0 saturated carbocycles. The summed E-state index contributed by atoms with van der Waals surface area (Å²) < 4.78 is 37.7. The smallest absolute Gasteiger partial charge is 0.255 e. The molecule has 0 aliphatic carbocycles. The summed E-state index contributed by atoms with van der Waals surface area (Å²) in [4.78, 5) is 1.44. The lowest BCUT2D eigenvalue weighted by Crippen LogP contribution is -2.26. The number of nitrogens with zero attached hydrogens (tertiary/aromatic N) is 1. The van der Waals surface area contributed by atoms with Crippen molar-refractivity contribution in [3.8, 4) is 0 Å². The molecule has 1 rings (SSSR count). The average Bonchev–Trinajstić information content (AvgIpc) is 2.25. The van der Waals surface area contributed by atoms with Gasteiger partial charge in [-0.25, -0.2) is 13.2 Å². The second-order valence-electron chi connectivity index (χ2n) is 3.82. The predicted octanol–water partition coefficient (Wildman–Crippen LogP) is 2.64. The van der Waals surface area contributed by atoms with Crippen LogP contribution in [0, 0.1) is 5.82 Å². The number of hydrogen-bond acceptors (Lipinski definition) is 2. The Morgan fingerprint density at radius 3 is 2.65 bits per heavy atom. The van der Waals surface area contributed by atoms with Crippen LogP contribution in [0.2, 0.25) is 0 Å². The molecule has 5 heteroatoms.